The minimum Gasteiger partial charge on any atom is -0.492 e. The number of rotatable bonds is 8. The third kappa shape index (κ3) is 4.81. The molecule has 2 aromatic rings. The molecule has 3 N–H and O–H groups in total. The van der Waals surface area contributed by atoms with Crippen LogP contribution in [0.4, 0.5) is 0 Å². The summed E-state index contributed by atoms with van der Waals surface area (Å²) in [6, 6.07) is 6.06. The first-order valence-electron chi connectivity index (χ1n) is 7.26. The van der Waals surface area contributed by atoms with Crippen molar-refractivity contribution in [1.82, 2.24) is 15.4 Å². The van der Waals surface area contributed by atoms with Crippen LogP contribution in [-0.2, 0) is 6.42 Å². The SMILES string of the molecule is CCCOc1cncc(C(CCc2cccnc2)NN)c1. The van der Waals surface area contributed by atoms with Crippen molar-refractivity contribution in [3.05, 3.63) is 54.1 Å². The Hall–Kier alpha value is -1.98. The van der Waals surface area contributed by atoms with Gasteiger partial charge in [0.15, 0.2) is 0 Å². The molecule has 0 aliphatic carbocycles. The predicted octanol–water partition coefficient (Wildman–Crippen LogP) is 2.40. The first-order valence-corrected chi connectivity index (χ1v) is 7.26. The summed E-state index contributed by atoms with van der Waals surface area (Å²) in [6.45, 7) is 2.77. The smallest absolute Gasteiger partial charge is 0.137 e. The van der Waals surface area contributed by atoms with Crippen molar-refractivity contribution >= 4 is 0 Å². The molecule has 0 spiro atoms. The Balaban J connectivity index is 1.99. The first-order chi connectivity index (χ1) is 10.3. The molecule has 0 aliphatic heterocycles. The van der Waals surface area contributed by atoms with Crippen LogP contribution >= 0.6 is 0 Å². The fraction of sp³-hybridized carbons (Fsp3) is 0.375. The van der Waals surface area contributed by atoms with Crippen LogP contribution in [0, 0.1) is 0 Å². The van der Waals surface area contributed by atoms with E-state index >= 15 is 0 Å². The molecule has 2 rings (SSSR count). The van der Waals surface area contributed by atoms with Crippen molar-refractivity contribution in [3.8, 4) is 5.75 Å². The third-order valence-corrected chi connectivity index (χ3v) is 3.26. The molecule has 21 heavy (non-hydrogen) atoms. The molecule has 0 amide bonds. The molecule has 0 saturated carbocycles. The van der Waals surface area contributed by atoms with Gasteiger partial charge in [-0.2, -0.15) is 0 Å². The van der Waals surface area contributed by atoms with Gasteiger partial charge in [0.05, 0.1) is 12.8 Å². The molecule has 1 unspecified atom stereocenters. The minimum absolute atomic E-state index is 0.0443. The van der Waals surface area contributed by atoms with E-state index in [1.54, 1.807) is 12.4 Å². The monoisotopic (exact) mass is 286 g/mol. The molecule has 0 saturated heterocycles. The van der Waals surface area contributed by atoms with Crippen LogP contribution in [0.1, 0.15) is 36.9 Å². The van der Waals surface area contributed by atoms with Gasteiger partial charge in [-0.15, -0.1) is 0 Å². The number of pyridine rings is 2. The maximum Gasteiger partial charge on any atom is 0.137 e. The van der Waals surface area contributed by atoms with Crippen LogP contribution in [0.5, 0.6) is 5.75 Å². The lowest BCUT2D eigenvalue weighted by Gasteiger charge is -2.16. The van der Waals surface area contributed by atoms with E-state index < -0.39 is 0 Å². The van der Waals surface area contributed by atoms with E-state index in [1.807, 2.05) is 24.5 Å². The Kier molecular flexibility index (Phi) is 6.12. The molecule has 5 nitrogen and oxygen atoms in total. The zero-order valence-electron chi connectivity index (χ0n) is 12.3. The van der Waals surface area contributed by atoms with Gasteiger partial charge in [-0.3, -0.25) is 21.2 Å². The van der Waals surface area contributed by atoms with Gasteiger partial charge >= 0.3 is 0 Å². The lowest BCUT2D eigenvalue weighted by Crippen LogP contribution is -2.28. The first kappa shape index (κ1) is 15.4. The van der Waals surface area contributed by atoms with Gasteiger partial charge in [0.1, 0.15) is 5.75 Å². The van der Waals surface area contributed by atoms with Crippen molar-refractivity contribution in [1.29, 1.82) is 0 Å². The Morgan fingerprint density at radius 1 is 1.29 bits per heavy atom. The van der Waals surface area contributed by atoms with Gasteiger partial charge in [-0.25, -0.2) is 0 Å². The van der Waals surface area contributed by atoms with Crippen LogP contribution in [0.2, 0.25) is 0 Å². The number of nitrogens with zero attached hydrogens (tertiary/aromatic N) is 2. The number of aryl methyl sites for hydroxylation is 1. The number of hydrazine groups is 1. The average molecular weight is 286 g/mol. The van der Waals surface area contributed by atoms with Gasteiger partial charge in [0, 0.05) is 24.6 Å². The second-order valence-corrected chi connectivity index (χ2v) is 4.92. The van der Waals surface area contributed by atoms with Crippen LogP contribution in [0.15, 0.2) is 43.0 Å². The summed E-state index contributed by atoms with van der Waals surface area (Å²) in [6.07, 6.45) is 9.97. The lowest BCUT2D eigenvalue weighted by molar-refractivity contribution is 0.315. The van der Waals surface area contributed by atoms with Crippen molar-refractivity contribution in [2.75, 3.05) is 6.61 Å². The normalized spacial score (nSPS) is 12.1. The van der Waals surface area contributed by atoms with Gasteiger partial charge in [-0.05, 0) is 42.5 Å². The van der Waals surface area contributed by atoms with Crippen molar-refractivity contribution in [2.24, 2.45) is 5.84 Å². The van der Waals surface area contributed by atoms with E-state index in [0.717, 1.165) is 30.6 Å². The maximum atomic E-state index is 5.68. The summed E-state index contributed by atoms with van der Waals surface area (Å²) in [5.41, 5.74) is 5.09. The van der Waals surface area contributed by atoms with E-state index in [2.05, 4.69) is 28.4 Å². The number of nitrogens with one attached hydrogen (secondary N) is 1. The molecule has 0 bridgehead atoms. The maximum absolute atomic E-state index is 5.68. The Bertz CT molecular complexity index is 533. The van der Waals surface area contributed by atoms with Crippen LogP contribution in [-0.4, -0.2) is 16.6 Å². The highest BCUT2D eigenvalue weighted by molar-refractivity contribution is 5.26. The van der Waals surface area contributed by atoms with E-state index in [4.69, 9.17) is 10.6 Å². The van der Waals surface area contributed by atoms with Gasteiger partial charge in [0.25, 0.3) is 0 Å². The molecular formula is C16H22N4O. The summed E-state index contributed by atoms with van der Waals surface area (Å²) in [4.78, 5) is 8.35. The summed E-state index contributed by atoms with van der Waals surface area (Å²) in [7, 11) is 0. The highest BCUT2D eigenvalue weighted by Gasteiger charge is 2.11. The molecular weight excluding hydrogens is 264 g/mol. The number of hydrogen-bond donors (Lipinski definition) is 2. The van der Waals surface area contributed by atoms with Crippen LogP contribution in [0.25, 0.3) is 0 Å². The summed E-state index contributed by atoms with van der Waals surface area (Å²) < 4.78 is 5.61. The Morgan fingerprint density at radius 2 is 2.19 bits per heavy atom. The summed E-state index contributed by atoms with van der Waals surface area (Å²) >= 11 is 0. The molecule has 5 heteroatoms. The molecule has 0 aromatic carbocycles. The number of nitrogens with two attached hydrogens (primary N) is 1. The van der Waals surface area contributed by atoms with Crippen LogP contribution < -0.4 is 16.0 Å². The number of ether oxygens (including phenoxy) is 1. The lowest BCUT2D eigenvalue weighted by atomic mass is 10.0. The standard InChI is InChI=1S/C16H22N4O/c1-2-8-21-15-9-14(11-19-12-15)16(20-17)6-5-13-4-3-7-18-10-13/h3-4,7,9-12,16,20H,2,5-6,8,17H2,1H3. The summed E-state index contributed by atoms with van der Waals surface area (Å²) in [5, 5.41) is 0. The van der Waals surface area contributed by atoms with E-state index in [9.17, 15) is 0 Å². The minimum atomic E-state index is 0.0443. The second-order valence-electron chi connectivity index (χ2n) is 4.92. The highest BCUT2D eigenvalue weighted by atomic mass is 16.5. The fourth-order valence-corrected chi connectivity index (χ4v) is 2.13. The average Bonchev–Trinajstić information content (AvgIpc) is 2.55. The highest BCUT2D eigenvalue weighted by Crippen LogP contribution is 2.21. The van der Waals surface area contributed by atoms with Crippen molar-refractivity contribution < 1.29 is 4.74 Å². The van der Waals surface area contributed by atoms with Gasteiger partial charge in [-0.1, -0.05) is 13.0 Å². The zero-order chi connectivity index (χ0) is 14.9. The molecule has 2 aromatic heterocycles. The third-order valence-electron chi connectivity index (χ3n) is 3.26. The fourth-order valence-electron chi connectivity index (χ4n) is 2.13. The number of hydrogen-bond acceptors (Lipinski definition) is 5. The van der Waals surface area contributed by atoms with E-state index in [0.29, 0.717) is 6.61 Å². The van der Waals surface area contributed by atoms with Gasteiger partial charge in [0.2, 0.25) is 0 Å². The Labute approximate surface area is 125 Å². The van der Waals surface area contributed by atoms with E-state index in [-0.39, 0.29) is 6.04 Å². The van der Waals surface area contributed by atoms with Crippen molar-refractivity contribution in [3.63, 3.8) is 0 Å². The van der Waals surface area contributed by atoms with E-state index in [1.165, 1.54) is 5.56 Å². The van der Waals surface area contributed by atoms with Crippen molar-refractivity contribution in [2.45, 2.75) is 32.2 Å². The molecule has 2 heterocycles. The largest absolute Gasteiger partial charge is 0.492 e. The molecule has 1 atom stereocenters. The molecule has 112 valence electrons. The molecule has 0 aliphatic rings. The van der Waals surface area contributed by atoms with Gasteiger partial charge < -0.3 is 4.74 Å². The Morgan fingerprint density at radius 3 is 2.90 bits per heavy atom. The molecule has 0 radical (unpaired) electrons. The quantitative estimate of drug-likeness (QED) is 0.576. The molecule has 0 fully saturated rings. The zero-order valence-corrected chi connectivity index (χ0v) is 12.3. The topological polar surface area (TPSA) is 73.1 Å². The summed E-state index contributed by atoms with van der Waals surface area (Å²) in [5.74, 6) is 6.47. The predicted molar refractivity (Wildman–Crippen MR) is 82.6 cm³/mol. The second kappa shape index (κ2) is 8.34. The number of aromatic nitrogens is 2. The van der Waals surface area contributed by atoms with Crippen LogP contribution in [0.3, 0.4) is 0 Å².